The molecule has 86 valence electrons. The first-order chi connectivity index (χ1) is 7.45. The summed E-state index contributed by atoms with van der Waals surface area (Å²) < 4.78 is 13.3. The average molecular weight is 289 g/mol. The van der Waals surface area contributed by atoms with Gasteiger partial charge in [-0.3, -0.25) is 4.79 Å². The Kier molecular flexibility index (Phi) is 2.75. The monoisotopic (exact) mass is 288 g/mol. The Morgan fingerprint density at radius 3 is 2.56 bits per heavy atom. The number of carbonyl (C=O) groups is 1. The highest BCUT2D eigenvalue weighted by atomic mass is 79.9. The number of benzene rings is 1. The third-order valence-corrected chi connectivity index (χ3v) is 3.68. The van der Waals surface area contributed by atoms with Gasteiger partial charge in [0.05, 0.1) is 11.5 Å². The number of hydrogen-bond acceptors (Lipinski definition) is 2. The van der Waals surface area contributed by atoms with E-state index < -0.39 is 23.3 Å². The van der Waals surface area contributed by atoms with Crippen molar-refractivity contribution in [3.63, 3.8) is 0 Å². The van der Waals surface area contributed by atoms with Crippen LogP contribution < -0.4 is 0 Å². The fourth-order valence-electron chi connectivity index (χ4n) is 2.13. The van der Waals surface area contributed by atoms with Crippen molar-refractivity contribution in [3.8, 4) is 0 Å². The lowest BCUT2D eigenvalue weighted by atomic mass is 9.63. The quantitative estimate of drug-likeness (QED) is 0.876. The second-order valence-electron chi connectivity index (χ2n) is 4.07. The Morgan fingerprint density at radius 1 is 1.50 bits per heavy atom. The summed E-state index contributed by atoms with van der Waals surface area (Å²) in [5.41, 5.74) is -0.557. The van der Waals surface area contributed by atoms with Gasteiger partial charge in [-0.1, -0.05) is 22.0 Å². The molecule has 3 nitrogen and oxygen atoms in total. The van der Waals surface area contributed by atoms with Crippen LogP contribution in [0.5, 0.6) is 0 Å². The predicted octanol–water partition coefficient (Wildman–Crippen LogP) is 2.07. The zero-order valence-corrected chi connectivity index (χ0v) is 9.87. The van der Waals surface area contributed by atoms with Crippen LogP contribution in [-0.4, -0.2) is 22.3 Å². The first-order valence-corrected chi connectivity index (χ1v) is 5.62. The van der Waals surface area contributed by atoms with Gasteiger partial charge in [0.15, 0.2) is 0 Å². The van der Waals surface area contributed by atoms with Crippen molar-refractivity contribution in [1.29, 1.82) is 0 Å². The molecule has 1 aliphatic rings. The van der Waals surface area contributed by atoms with E-state index in [1.54, 1.807) is 0 Å². The molecule has 0 aromatic heterocycles. The van der Waals surface area contributed by atoms with E-state index >= 15 is 0 Å². The number of aliphatic hydroxyl groups excluding tert-OH is 1. The summed E-state index contributed by atoms with van der Waals surface area (Å²) in [5, 5.41) is 18.5. The number of aliphatic hydroxyl groups is 1. The highest BCUT2D eigenvalue weighted by Gasteiger charge is 2.52. The maximum atomic E-state index is 12.9. The molecule has 1 aromatic carbocycles. The van der Waals surface area contributed by atoms with Gasteiger partial charge in [-0.15, -0.1) is 0 Å². The molecule has 16 heavy (non-hydrogen) atoms. The van der Waals surface area contributed by atoms with E-state index in [1.807, 2.05) is 0 Å². The van der Waals surface area contributed by atoms with Crippen LogP contribution in [0, 0.1) is 5.82 Å². The third-order valence-electron chi connectivity index (χ3n) is 3.02. The van der Waals surface area contributed by atoms with Gasteiger partial charge in [0, 0.05) is 4.47 Å². The molecule has 0 radical (unpaired) electrons. The van der Waals surface area contributed by atoms with E-state index in [-0.39, 0.29) is 12.8 Å². The highest BCUT2D eigenvalue weighted by molar-refractivity contribution is 9.10. The molecule has 1 aliphatic carbocycles. The average Bonchev–Trinajstić information content (AvgIpc) is 2.12. The molecule has 2 rings (SSSR count). The van der Waals surface area contributed by atoms with Crippen LogP contribution in [0.25, 0.3) is 0 Å². The Bertz CT molecular complexity index is 441. The van der Waals surface area contributed by atoms with Crippen molar-refractivity contribution in [2.24, 2.45) is 0 Å². The lowest BCUT2D eigenvalue weighted by Gasteiger charge is -2.42. The van der Waals surface area contributed by atoms with Crippen LogP contribution in [0.4, 0.5) is 4.39 Å². The van der Waals surface area contributed by atoms with Gasteiger partial charge < -0.3 is 10.2 Å². The summed E-state index contributed by atoms with van der Waals surface area (Å²) in [6, 6.07) is 3.93. The minimum Gasteiger partial charge on any atom is -0.481 e. The van der Waals surface area contributed by atoms with Crippen LogP contribution in [0.15, 0.2) is 22.7 Å². The molecule has 0 spiro atoms. The second-order valence-corrected chi connectivity index (χ2v) is 4.93. The molecule has 2 N–H and O–H groups in total. The molecule has 0 amide bonds. The van der Waals surface area contributed by atoms with Crippen LogP contribution in [-0.2, 0) is 10.2 Å². The fraction of sp³-hybridized carbons (Fsp3) is 0.364. The number of carboxylic acids is 1. The van der Waals surface area contributed by atoms with Crippen molar-refractivity contribution >= 4 is 21.9 Å². The van der Waals surface area contributed by atoms with Crippen molar-refractivity contribution in [1.82, 2.24) is 0 Å². The number of hydrogen-bond donors (Lipinski definition) is 2. The van der Waals surface area contributed by atoms with E-state index in [4.69, 9.17) is 0 Å². The summed E-state index contributed by atoms with van der Waals surface area (Å²) in [7, 11) is 0. The first-order valence-electron chi connectivity index (χ1n) is 4.83. The molecule has 1 fully saturated rings. The number of aliphatic carboxylic acids is 1. The fourth-order valence-corrected chi connectivity index (χ4v) is 2.86. The summed E-state index contributed by atoms with van der Waals surface area (Å²) in [6.45, 7) is 0. The standard InChI is InChI=1S/C11H10BrFO3/c12-9-3-6(13)1-2-8(9)11(10(15)16)4-7(14)5-11/h1-3,7,14H,4-5H2,(H,15,16). The normalized spacial score (nSPS) is 28.6. The third kappa shape index (κ3) is 1.64. The van der Waals surface area contributed by atoms with Crippen molar-refractivity contribution < 1.29 is 19.4 Å². The minimum atomic E-state index is -1.08. The van der Waals surface area contributed by atoms with E-state index in [0.29, 0.717) is 10.0 Å². The molecule has 1 saturated carbocycles. The van der Waals surface area contributed by atoms with Gasteiger partial charge in [0.25, 0.3) is 0 Å². The molecule has 0 heterocycles. The van der Waals surface area contributed by atoms with Crippen molar-refractivity contribution in [2.45, 2.75) is 24.4 Å². The van der Waals surface area contributed by atoms with Gasteiger partial charge >= 0.3 is 5.97 Å². The number of halogens is 2. The zero-order chi connectivity index (χ0) is 11.9. The van der Waals surface area contributed by atoms with E-state index in [0.717, 1.165) is 0 Å². The van der Waals surface area contributed by atoms with E-state index in [2.05, 4.69) is 15.9 Å². The van der Waals surface area contributed by atoms with Gasteiger partial charge in [-0.05, 0) is 30.5 Å². The van der Waals surface area contributed by atoms with E-state index in [1.165, 1.54) is 18.2 Å². The molecule has 1 aromatic rings. The summed E-state index contributed by atoms with van der Waals surface area (Å²) >= 11 is 3.16. The van der Waals surface area contributed by atoms with Crippen LogP contribution in [0.3, 0.4) is 0 Å². The van der Waals surface area contributed by atoms with E-state index in [9.17, 15) is 19.4 Å². The van der Waals surface area contributed by atoms with Crippen molar-refractivity contribution in [3.05, 3.63) is 34.1 Å². The molecule has 0 aliphatic heterocycles. The van der Waals surface area contributed by atoms with Gasteiger partial charge in [-0.2, -0.15) is 0 Å². The Hall–Kier alpha value is -0.940. The molecular weight excluding hydrogens is 279 g/mol. The topological polar surface area (TPSA) is 57.5 Å². The minimum absolute atomic E-state index is 0.173. The zero-order valence-electron chi connectivity index (χ0n) is 8.28. The van der Waals surface area contributed by atoms with Crippen LogP contribution >= 0.6 is 15.9 Å². The summed E-state index contributed by atoms with van der Waals surface area (Å²) in [4.78, 5) is 11.3. The molecule has 0 bridgehead atoms. The smallest absolute Gasteiger partial charge is 0.314 e. The lowest BCUT2D eigenvalue weighted by molar-refractivity contribution is -0.153. The molecule has 5 heteroatoms. The largest absolute Gasteiger partial charge is 0.481 e. The molecular formula is C11H10BrFO3. The number of rotatable bonds is 2. The summed E-state index contributed by atoms with van der Waals surface area (Å²) in [6.07, 6.45) is -0.243. The maximum absolute atomic E-state index is 12.9. The van der Waals surface area contributed by atoms with Crippen molar-refractivity contribution in [2.75, 3.05) is 0 Å². The van der Waals surface area contributed by atoms with Crippen LogP contribution in [0.1, 0.15) is 18.4 Å². The van der Waals surface area contributed by atoms with Gasteiger partial charge in [0.1, 0.15) is 5.82 Å². The Morgan fingerprint density at radius 2 is 2.12 bits per heavy atom. The summed E-state index contributed by atoms with van der Waals surface area (Å²) in [5.74, 6) is -1.40. The lowest BCUT2D eigenvalue weighted by Crippen LogP contribution is -2.50. The van der Waals surface area contributed by atoms with Gasteiger partial charge in [0.2, 0.25) is 0 Å². The molecule has 0 unspecified atom stereocenters. The van der Waals surface area contributed by atoms with Crippen LogP contribution in [0.2, 0.25) is 0 Å². The maximum Gasteiger partial charge on any atom is 0.314 e. The molecule has 0 saturated heterocycles. The van der Waals surface area contributed by atoms with Gasteiger partial charge in [-0.25, -0.2) is 4.39 Å². The SMILES string of the molecule is O=C(O)C1(c2ccc(F)cc2Br)CC(O)C1. The molecule has 0 atom stereocenters. The predicted molar refractivity (Wildman–Crippen MR) is 58.7 cm³/mol. The Labute approximate surface area is 100 Å². The Balaban J connectivity index is 2.45. The highest BCUT2D eigenvalue weighted by Crippen LogP contribution is 2.46. The second kappa shape index (κ2) is 3.82. The number of carboxylic acid groups (broad SMARTS) is 1. The first kappa shape index (κ1) is 11.5.